The lowest BCUT2D eigenvalue weighted by Crippen LogP contribution is -2.37. The average molecular weight is 394 g/mol. The molecule has 3 rings (SSSR count). The lowest BCUT2D eigenvalue weighted by atomic mass is 9.90. The molecule has 0 aliphatic carbocycles. The van der Waals surface area contributed by atoms with Crippen molar-refractivity contribution in [1.82, 2.24) is 9.88 Å². The van der Waals surface area contributed by atoms with E-state index in [2.05, 4.69) is 10.3 Å². The van der Waals surface area contributed by atoms with E-state index in [1.54, 1.807) is 13.1 Å². The molecule has 138 valence electrons. The van der Waals surface area contributed by atoms with Crippen LogP contribution in [0.25, 0.3) is 0 Å². The maximum absolute atomic E-state index is 12.3. The van der Waals surface area contributed by atoms with E-state index in [9.17, 15) is 14.7 Å². The van der Waals surface area contributed by atoms with Crippen LogP contribution >= 0.6 is 22.9 Å². The number of aryl methyl sites for hydroxylation is 1. The van der Waals surface area contributed by atoms with Gasteiger partial charge in [0.1, 0.15) is 0 Å². The number of likely N-dealkylation sites (tertiary alicyclic amines) is 1. The van der Waals surface area contributed by atoms with Gasteiger partial charge in [-0.3, -0.25) is 10.1 Å². The van der Waals surface area contributed by atoms with E-state index >= 15 is 0 Å². The molecule has 2 amide bonds. The fourth-order valence-corrected chi connectivity index (χ4v) is 3.91. The molecular formula is C18H20ClN3O3S. The number of carboxylic acid groups (broad SMARTS) is 1. The third-order valence-corrected chi connectivity index (χ3v) is 5.98. The van der Waals surface area contributed by atoms with Crippen LogP contribution in [0.15, 0.2) is 24.4 Å². The van der Waals surface area contributed by atoms with Gasteiger partial charge in [-0.2, -0.15) is 0 Å². The Morgan fingerprint density at radius 3 is 2.88 bits per heavy atom. The molecule has 1 aliphatic heterocycles. The van der Waals surface area contributed by atoms with Crippen molar-refractivity contribution >= 4 is 40.1 Å². The highest BCUT2D eigenvalue weighted by Gasteiger charge is 2.42. The largest absolute Gasteiger partial charge is 0.481 e. The van der Waals surface area contributed by atoms with Crippen molar-refractivity contribution in [2.75, 3.05) is 18.4 Å². The number of carboxylic acids is 1. The van der Waals surface area contributed by atoms with Crippen LogP contribution in [0.4, 0.5) is 9.93 Å². The predicted octanol–water partition coefficient (Wildman–Crippen LogP) is 4.02. The average Bonchev–Trinajstić information content (AvgIpc) is 3.19. The molecule has 2 heterocycles. The van der Waals surface area contributed by atoms with Crippen molar-refractivity contribution in [3.05, 3.63) is 45.4 Å². The molecule has 1 unspecified atom stereocenters. The van der Waals surface area contributed by atoms with Gasteiger partial charge in [-0.05, 0) is 37.5 Å². The van der Waals surface area contributed by atoms with Crippen LogP contribution in [0.1, 0.15) is 29.3 Å². The van der Waals surface area contributed by atoms with Crippen LogP contribution in [0.3, 0.4) is 0 Å². The summed E-state index contributed by atoms with van der Waals surface area (Å²) in [4.78, 5) is 30.4. The van der Waals surface area contributed by atoms with Crippen LogP contribution < -0.4 is 5.32 Å². The lowest BCUT2D eigenvalue weighted by Gasteiger charge is -2.19. The zero-order valence-corrected chi connectivity index (χ0v) is 16.2. The molecule has 6 nitrogen and oxygen atoms in total. The summed E-state index contributed by atoms with van der Waals surface area (Å²) in [5.74, 6) is -0.874. The number of aliphatic carboxylic acids is 1. The number of urea groups is 1. The Bertz CT molecular complexity index is 854. The highest BCUT2D eigenvalue weighted by Crippen LogP contribution is 2.31. The van der Waals surface area contributed by atoms with Crippen molar-refractivity contribution < 1.29 is 14.7 Å². The van der Waals surface area contributed by atoms with E-state index in [1.165, 1.54) is 16.2 Å². The van der Waals surface area contributed by atoms with Gasteiger partial charge in [-0.1, -0.05) is 23.7 Å². The predicted molar refractivity (Wildman–Crippen MR) is 102 cm³/mol. The molecule has 26 heavy (non-hydrogen) atoms. The SMILES string of the molecule is Cc1ccc(Cc2cnc(NC(=O)N3CCC(C)(C(=O)O)C3)s2)cc1Cl. The van der Waals surface area contributed by atoms with E-state index in [0.717, 1.165) is 21.0 Å². The second kappa shape index (κ2) is 7.25. The standard InChI is InChI=1S/C18H20ClN3O3S/c1-11-3-4-12(8-14(11)19)7-13-9-20-16(26-13)21-17(25)22-6-5-18(2,10-22)15(23)24/h3-4,8-9H,5-7,10H2,1-2H3,(H,23,24)(H,20,21,25). The Hall–Kier alpha value is -2.12. The molecule has 1 aromatic heterocycles. The van der Waals surface area contributed by atoms with E-state index in [1.807, 2.05) is 25.1 Å². The molecule has 0 spiro atoms. The van der Waals surface area contributed by atoms with Gasteiger partial charge in [-0.25, -0.2) is 9.78 Å². The fourth-order valence-electron chi connectivity index (χ4n) is 2.87. The number of nitrogens with one attached hydrogen (secondary N) is 1. The highest BCUT2D eigenvalue weighted by atomic mass is 35.5. The molecule has 2 aromatic rings. The first-order chi connectivity index (χ1) is 12.3. The van der Waals surface area contributed by atoms with Gasteiger partial charge in [0, 0.05) is 35.6 Å². The minimum atomic E-state index is -0.879. The molecule has 0 radical (unpaired) electrons. The smallest absolute Gasteiger partial charge is 0.323 e. The summed E-state index contributed by atoms with van der Waals surface area (Å²) in [6, 6.07) is 5.63. The number of thiazole rings is 1. The number of benzene rings is 1. The van der Waals surface area contributed by atoms with Gasteiger partial charge in [0.25, 0.3) is 0 Å². The number of carbonyl (C=O) groups excluding carboxylic acids is 1. The monoisotopic (exact) mass is 393 g/mol. The van der Waals surface area contributed by atoms with E-state index in [-0.39, 0.29) is 12.6 Å². The number of carbonyl (C=O) groups is 2. The third-order valence-electron chi connectivity index (χ3n) is 4.66. The Balaban J connectivity index is 1.61. The lowest BCUT2D eigenvalue weighted by molar-refractivity contribution is -0.146. The summed E-state index contributed by atoms with van der Waals surface area (Å²) in [6.45, 7) is 4.25. The summed E-state index contributed by atoms with van der Waals surface area (Å²) < 4.78 is 0. The maximum atomic E-state index is 12.3. The Kier molecular flexibility index (Phi) is 5.20. The van der Waals surface area contributed by atoms with Crippen molar-refractivity contribution in [3.8, 4) is 0 Å². The van der Waals surface area contributed by atoms with Gasteiger partial charge in [0.2, 0.25) is 0 Å². The minimum Gasteiger partial charge on any atom is -0.481 e. The Labute approximate surface area is 160 Å². The number of aromatic nitrogens is 1. The second-order valence-electron chi connectivity index (χ2n) is 6.86. The summed E-state index contributed by atoms with van der Waals surface area (Å²) in [6.07, 6.45) is 2.88. The first-order valence-corrected chi connectivity index (χ1v) is 9.45. The van der Waals surface area contributed by atoms with Crippen LogP contribution in [-0.2, 0) is 11.2 Å². The molecule has 1 fully saturated rings. The fraction of sp³-hybridized carbons (Fsp3) is 0.389. The number of amides is 2. The molecule has 2 N–H and O–H groups in total. The van der Waals surface area contributed by atoms with Crippen molar-refractivity contribution in [3.63, 3.8) is 0 Å². The second-order valence-corrected chi connectivity index (χ2v) is 8.38. The van der Waals surface area contributed by atoms with Gasteiger partial charge in [-0.15, -0.1) is 11.3 Å². The number of halogens is 1. The van der Waals surface area contributed by atoms with Gasteiger partial charge < -0.3 is 10.0 Å². The Morgan fingerprint density at radius 2 is 2.23 bits per heavy atom. The van der Waals surface area contributed by atoms with Gasteiger partial charge >= 0.3 is 12.0 Å². The molecular weight excluding hydrogens is 374 g/mol. The van der Waals surface area contributed by atoms with Crippen molar-refractivity contribution in [1.29, 1.82) is 0 Å². The summed E-state index contributed by atoms with van der Waals surface area (Å²) >= 11 is 7.56. The first kappa shape index (κ1) is 18.7. The molecule has 1 saturated heterocycles. The van der Waals surface area contributed by atoms with Gasteiger partial charge in [0.05, 0.1) is 5.41 Å². The number of anilines is 1. The van der Waals surface area contributed by atoms with Crippen LogP contribution in [0, 0.1) is 12.3 Å². The molecule has 0 saturated carbocycles. The van der Waals surface area contributed by atoms with E-state index < -0.39 is 11.4 Å². The molecule has 8 heteroatoms. The summed E-state index contributed by atoms with van der Waals surface area (Å²) in [5.41, 5.74) is 1.24. The third kappa shape index (κ3) is 3.99. The number of hydrogen-bond acceptors (Lipinski definition) is 4. The summed E-state index contributed by atoms with van der Waals surface area (Å²) in [7, 11) is 0. The number of rotatable bonds is 4. The van der Waals surface area contributed by atoms with Crippen molar-refractivity contribution in [2.24, 2.45) is 5.41 Å². The number of nitrogens with zero attached hydrogens (tertiary/aromatic N) is 2. The van der Waals surface area contributed by atoms with E-state index in [0.29, 0.717) is 24.5 Å². The molecule has 1 atom stereocenters. The van der Waals surface area contributed by atoms with Crippen LogP contribution in [0.2, 0.25) is 5.02 Å². The van der Waals surface area contributed by atoms with Crippen molar-refractivity contribution in [2.45, 2.75) is 26.7 Å². The number of hydrogen-bond donors (Lipinski definition) is 2. The molecule has 0 bridgehead atoms. The topological polar surface area (TPSA) is 82.5 Å². The molecule has 1 aromatic carbocycles. The first-order valence-electron chi connectivity index (χ1n) is 8.26. The van der Waals surface area contributed by atoms with E-state index in [4.69, 9.17) is 11.6 Å². The quantitative estimate of drug-likeness (QED) is 0.821. The Morgan fingerprint density at radius 1 is 1.46 bits per heavy atom. The van der Waals surface area contributed by atoms with Crippen LogP contribution in [0.5, 0.6) is 0 Å². The minimum absolute atomic E-state index is 0.203. The summed E-state index contributed by atoms with van der Waals surface area (Å²) in [5, 5.41) is 13.3. The zero-order chi connectivity index (χ0) is 18.9. The highest BCUT2D eigenvalue weighted by molar-refractivity contribution is 7.15. The maximum Gasteiger partial charge on any atom is 0.323 e. The molecule has 1 aliphatic rings. The zero-order valence-electron chi connectivity index (χ0n) is 14.6. The van der Waals surface area contributed by atoms with Gasteiger partial charge in [0.15, 0.2) is 5.13 Å². The normalized spacial score (nSPS) is 19.6. The van der Waals surface area contributed by atoms with Crippen LogP contribution in [-0.4, -0.2) is 40.1 Å².